The molecule has 0 aromatic heterocycles. The van der Waals surface area contributed by atoms with E-state index in [0.717, 1.165) is 0 Å². The van der Waals surface area contributed by atoms with Gasteiger partial charge in [0.2, 0.25) is 0 Å². The van der Waals surface area contributed by atoms with Crippen LogP contribution in [0.4, 0.5) is 0 Å². The van der Waals surface area contributed by atoms with Crippen molar-refractivity contribution in [3.8, 4) is 0 Å². The molecule has 0 heterocycles. The van der Waals surface area contributed by atoms with Crippen molar-refractivity contribution >= 4 is 51.4 Å². The van der Waals surface area contributed by atoms with Gasteiger partial charge in [-0.3, -0.25) is 9.00 Å². The molecule has 2 rings (SSSR count). The van der Waals surface area contributed by atoms with Crippen LogP contribution in [0.3, 0.4) is 0 Å². The van der Waals surface area contributed by atoms with Gasteiger partial charge in [0.05, 0.1) is 36.5 Å². The lowest BCUT2D eigenvalue weighted by molar-refractivity contribution is 0.102. The maximum Gasteiger partial charge on any atom is 0.177 e. The summed E-state index contributed by atoms with van der Waals surface area (Å²) in [5.41, 5.74) is 0.339. The molecule has 0 bridgehead atoms. The zero-order valence-electron chi connectivity index (χ0n) is 10.1. The molecular weight excluding hydrogens is 339 g/mol. The lowest BCUT2D eigenvalue weighted by Gasteiger charge is -2.07. The Morgan fingerprint density at radius 1 is 0.900 bits per heavy atom. The molecule has 20 heavy (non-hydrogen) atoms. The fourth-order valence-electron chi connectivity index (χ4n) is 1.66. The van der Waals surface area contributed by atoms with Crippen molar-refractivity contribution in [3.63, 3.8) is 0 Å². The van der Waals surface area contributed by atoms with Crippen LogP contribution in [0.5, 0.6) is 0 Å². The molecule has 0 saturated heterocycles. The smallest absolute Gasteiger partial charge is 0.177 e. The third-order valence-corrected chi connectivity index (χ3v) is 5.19. The van der Waals surface area contributed by atoms with E-state index in [9.17, 15) is 9.00 Å². The Morgan fingerprint density at radius 2 is 1.45 bits per heavy atom. The fraction of sp³-hybridized carbons (Fsp3) is 0.0714. The topological polar surface area (TPSA) is 34.1 Å². The third-order valence-electron chi connectivity index (χ3n) is 2.58. The number of hydrogen-bond donors (Lipinski definition) is 0. The van der Waals surface area contributed by atoms with Gasteiger partial charge in [-0.2, -0.15) is 0 Å². The maximum atomic E-state index is 12.3. The van der Waals surface area contributed by atoms with Gasteiger partial charge in [-0.25, -0.2) is 0 Å². The highest BCUT2D eigenvalue weighted by Crippen LogP contribution is 2.28. The van der Waals surface area contributed by atoms with Gasteiger partial charge in [0, 0.05) is 5.56 Å². The Hall–Kier alpha value is -0.870. The van der Waals surface area contributed by atoms with Crippen LogP contribution < -0.4 is 0 Å². The van der Waals surface area contributed by atoms with Crippen LogP contribution in [0.25, 0.3) is 0 Å². The van der Waals surface area contributed by atoms with Gasteiger partial charge in [-0.05, 0) is 24.3 Å². The first-order valence-corrected chi connectivity index (χ1v) is 8.06. The lowest BCUT2D eigenvalue weighted by Crippen LogP contribution is -2.12. The number of halogens is 3. The second-order valence-electron chi connectivity index (χ2n) is 3.94. The molecule has 1 atom stereocenters. The average Bonchev–Trinajstić information content (AvgIpc) is 2.38. The predicted molar refractivity (Wildman–Crippen MR) is 83.5 cm³/mol. The minimum atomic E-state index is -1.62. The minimum absolute atomic E-state index is 0.215. The number of rotatable bonds is 4. The second kappa shape index (κ2) is 6.72. The Morgan fingerprint density at radius 3 is 2.05 bits per heavy atom. The highest BCUT2D eigenvalue weighted by molar-refractivity contribution is 7.86. The molecule has 2 aromatic rings. The van der Waals surface area contributed by atoms with Crippen molar-refractivity contribution in [2.45, 2.75) is 4.90 Å². The summed E-state index contributed by atoms with van der Waals surface area (Å²) < 4.78 is 12.3. The summed E-state index contributed by atoms with van der Waals surface area (Å²) in [4.78, 5) is 12.4. The number of hydrogen-bond acceptors (Lipinski definition) is 2. The van der Waals surface area contributed by atoms with Crippen molar-refractivity contribution < 1.29 is 9.00 Å². The van der Waals surface area contributed by atoms with Crippen molar-refractivity contribution in [2.24, 2.45) is 0 Å². The van der Waals surface area contributed by atoms with Crippen molar-refractivity contribution in [1.82, 2.24) is 0 Å². The first-order valence-electron chi connectivity index (χ1n) is 5.61. The monoisotopic (exact) mass is 346 g/mol. The van der Waals surface area contributed by atoms with Gasteiger partial charge in [-0.1, -0.05) is 53.0 Å². The summed E-state index contributed by atoms with van der Waals surface area (Å²) in [5, 5.41) is 0.894. The Balaban J connectivity index is 2.25. The molecule has 0 radical (unpaired) electrons. The van der Waals surface area contributed by atoms with E-state index in [1.54, 1.807) is 42.5 Å². The van der Waals surface area contributed by atoms with Gasteiger partial charge in [0.1, 0.15) is 0 Å². The summed E-state index contributed by atoms with van der Waals surface area (Å²) in [5.74, 6) is -0.530. The molecule has 0 saturated carbocycles. The molecule has 0 amide bonds. The molecule has 104 valence electrons. The Kier molecular flexibility index (Phi) is 5.22. The minimum Gasteiger partial charge on any atom is -0.293 e. The Labute approximate surface area is 134 Å². The van der Waals surface area contributed by atoms with Gasteiger partial charge in [0.25, 0.3) is 0 Å². The van der Waals surface area contributed by atoms with E-state index < -0.39 is 10.8 Å². The molecule has 2 nitrogen and oxygen atoms in total. The van der Waals surface area contributed by atoms with E-state index in [2.05, 4.69) is 0 Å². The van der Waals surface area contributed by atoms with E-state index >= 15 is 0 Å². The van der Waals surface area contributed by atoms with Crippen LogP contribution in [-0.4, -0.2) is 15.7 Å². The summed E-state index contributed by atoms with van der Waals surface area (Å²) in [6.45, 7) is 0. The number of Topliss-reactive ketones (excluding diaryl/α,β-unsaturated/α-hetero) is 1. The number of carbonyl (C=O) groups is 1. The molecule has 0 spiro atoms. The van der Waals surface area contributed by atoms with Crippen molar-refractivity contribution in [2.75, 3.05) is 5.75 Å². The van der Waals surface area contributed by atoms with Gasteiger partial charge in [0.15, 0.2) is 5.78 Å². The standard InChI is InChI=1S/C14H9Cl3O2S/c15-10-5-2-1-4-9(10)13(18)8-20(19)14-11(16)6-3-7-12(14)17/h1-7H,8H2. The quantitative estimate of drug-likeness (QED) is 0.755. The molecule has 1 unspecified atom stereocenters. The van der Waals surface area contributed by atoms with Crippen molar-refractivity contribution in [1.29, 1.82) is 0 Å². The van der Waals surface area contributed by atoms with E-state index in [1.807, 2.05) is 0 Å². The first kappa shape index (κ1) is 15.5. The second-order valence-corrected chi connectivity index (χ2v) is 6.55. The van der Waals surface area contributed by atoms with Crippen LogP contribution >= 0.6 is 34.8 Å². The summed E-state index contributed by atoms with van der Waals surface area (Å²) >= 11 is 17.9. The van der Waals surface area contributed by atoms with E-state index in [-0.39, 0.29) is 26.5 Å². The molecule has 2 aromatic carbocycles. The molecule has 0 aliphatic carbocycles. The molecule has 0 aliphatic heterocycles. The summed E-state index contributed by atoms with van der Waals surface area (Å²) in [6, 6.07) is 11.4. The SMILES string of the molecule is O=C(CS(=O)c1c(Cl)cccc1Cl)c1ccccc1Cl. The Bertz CT molecular complexity index is 666. The van der Waals surface area contributed by atoms with Crippen LogP contribution in [0.2, 0.25) is 15.1 Å². The van der Waals surface area contributed by atoms with Crippen LogP contribution in [0.15, 0.2) is 47.4 Å². The summed E-state index contributed by atoms with van der Waals surface area (Å²) in [7, 11) is -1.62. The van der Waals surface area contributed by atoms with Crippen LogP contribution in [-0.2, 0) is 10.8 Å². The predicted octanol–water partition coefficient (Wildman–Crippen LogP) is 4.64. The zero-order valence-corrected chi connectivity index (χ0v) is 13.2. The largest absolute Gasteiger partial charge is 0.293 e. The van der Waals surface area contributed by atoms with Crippen LogP contribution in [0.1, 0.15) is 10.4 Å². The fourth-order valence-corrected chi connectivity index (χ4v) is 3.92. The van der Waals surface area contributed by atoms with Crippen LogP contribution in [0, 0.1) is 0 Å². The highest BCUT2D eigenvalue weighted by Gasteiger charge is 2.18. The molecule has 6 heteroatoms. The normalized spacial score (nSPS) is 12.2. The molecular formula is C14H9Cl3O2S. The number of carbonyl (C=O) groups excluding carboxylic acids is 1. The first-order chi connectivity index (χ1) is 9.50. The maximum absolute atomic E-state index is 12.3. The van der Waals surface area contributed by atoms with E-state index in [4.69, 9.17) is 34.8 Å². The average molecular weight is 348 g/mol. The molecule has 0 fully saturated rings. The zero-order chi connectivity index (χ0) is 14.7. The lowest BCUT2D eigenvalue weighted by atomic mass is 10.1. The van der Waals surface area contributed by atoms with Crippen molar-refractivity contribution in [3.05, 3.63) is 63.1 Å². The van der Waals surface area contributed by atoms with Gasteiger partial charge >= 0.3 is 0 Å². The summed E-state index contributed by atoms with van der Waals surface area (Å²) in [6.07, 6.45) is 0. The van der Waals surface area contributed by atoms with Gasteiger partial charge < -0.3 is 0 Å². The van der Waals surface area contributed by atoms with E-state index in [0.29, 0.717) is 10.6 Å². The number of benzene rings is 2. The highest BCUT2D eigenvalue weighted by atomic mass is 35.5. The van der Waals surface area contributed by atoms with Gasteiger partial charge in [-0.15, -0.1) is 0 Å². The number of ketones is 1. The molecule has 0 aliphatic rings. The molecule has 0 N–H and O–H groups in total. The third kappa shape index (κ3) is 3.41. The van der Waals surface area contributed by atoms with E-state index in [1.165, 1.54) is 0 Å².